The van der Waals surface area contributed by atoms with Gasteiger partial charge in [-0.15, -0.1) is 0 Å². The van der Waals surface area contributed by atoms with Crippen molar-refractivity contribution in [3.8, 4) is 0 Å². The van der Waals surface area contributed by atoms with Gasteiger partial charge in [-0.1, -0.05) is 13.3 Å². The lowest BCUT2D eigenvalue weighted by molar-refractivity contribution is -0.0222. The molecule has 0 aliphatic carbocycles. The normalized spacial score (nSPS) is 26.1. The Balaban J connectivity index is 1.98. The van der Waals surface area contributed by atoms with Crippen LogP contribution in [0, 0.1) is 0 Å². The quantitative estimate of drug-likeness (QED) is 0.639. The summed E-state index contributed by atoms with van der Waals surface area (Å²) in [5.41, 5.74) is 7.65. The standard InChI is InChI=1S/C16H26F2N8/c1-4-5-16(19)24-11-10(13(21-3)25-16)22-14(23-12(11)20-2)26-8-6-15(17,18)7-9-26/h24H,4-9,19H2,1-3H3,(H,21,25)(H,20,22,23). The highest BCUT2D eigenvalue weighted by molar-refractivity contribution is 6.06. The van der Waals surface area contributed by atoms with E-state index in [-0.39, 0.29) is 25.9 Å². The second-order valence-electron chi connectivity index (χ2n) is 6.73. The van der Waals surface area contributed by atoms with E-state index in [4.69, 9.17) is 5.73 Å². The number of amidine groups is 1. The van der Waals surface area contributed by atoms with Gasteiger partial charge in [-0.2, -0.15) is 4.98 Å². The molecule has 26 heavy (non-hydrogen) atoms. The van der Waals surface area contributed by atoms with E-state index in [1.165, 1.54) is 0 Å². The molecule has 0 saturated carbocycles. The fraction of sp³-hybridized carbons (Fsp3) is 0.688. The Bertz CT molecular complexity index is 698. The van der Waals surface area contributed by atoms with Gasteiger partial charge in [-0.05, 0) is 0 Å². The third-order valence-corrected chi connectivity index (χ3v) is 4.69. The average molecular weight is 368 g/mol. The van der Waals surface area contributed by atoms with Crippen LogP contribution in [0.2, 0.25) is 0 Å². The molecule has 144 valence electrons. The van der Waals surface area contributed by atoms with Crippen molar-refractivity contribution >= 4 is 23.3 Å². The molecule has 10 heteroatoms. The molecule has 0 bridgehead atoms. The summed E-state index contributed by atoms with van der Waals surface area (Å²) in [5.74, 6) is -1.93. The van der Waals surface area contributed by atoms with Gasteiger partial charge >= 0.3 is 0 Å². The number of nitrogens with zero attached hydrogens (tertiary/aromatic N) is 4. The molecule has 3 rings (SSSR count). The first kappa shape index (κ1) is 18.6. The van der Waals surface area contributed by atoms with Crippen molar-refractivity contribution in [3.63, 3.8) is 0 Å². The maximum Gasteiger partial charge on any atom is 0.251 e. The number of nitrogens with two attached hydrogens (primary N) is 1. The number of hydrogen-bond acceptors (Lipinski definition) is 7. The molecule has 0 spiro atoms. The summed E-state index contributed by atoms with van der Waals surface area (Å²) in [4.78, 5) is 15.2. The molecule has 5 N–H and O–H groups in total. The number of rotatable bonds is 4. The summed E-state index contributed by atoms with van der Waals surface area (Å²) in [6.07, 6.45) is 1.15. The molecule has 1 aromatic heterocycles. The minimum Gasteiger partial charge on any atom is -0.371 e. The number of alkyl halides is 2. The van der Waals surface area contributed by atoms with E-state index >= 15 is 0 Å². The Labute approximate surface area is 151 Å². The predicted molar refractivity (Wildman–Crippen MR) is 99.0 cm³/mol. The van der Waals surface area contributed by atoms with Crippen LogP contribution in [0.15, 0.2) is 4.99 Å². The van der Waals surface area contributed by atoms with Gasteiger partial charge in [0.2, 0.25) is 5.95 Å². The molecule has 3 heterocycles. The average Bonchev–Trinajstić information content (AvgIpc) is 2.60. The number of halogens is 2. The zero-order chi connectivity index (χ0) is 18.9. The first-order valence-corrected chi connectivity index (χ1v) is 8.86. The summed E-state index contributed by atoms with van der Waals surface area (Å²) in [6, 6.07) is 0. The number of anilines is 3. The Morgan fingerprint density at radius 2 is 1.96 bits per heavy atom. The van der Waals surface area contributed by atoms with Crippen LogP contribution < -0.4 is 26.6 Å². The fourth-order valence-corrected chi connectivity index (χ4v) is 3.30. The number of nitrogens with one attached hydrogen (secondary N) is 3. The van der Waals surface area contributed by atoms with Crippen molar-refractivity contribution in [1.29, 1.82) is 0 Å². The second-order valence-corrected chi connectivity index (χ2v) is 6.73. The highest BCUT2D eigenvalue weighted by Gasteiger charge is 2.38. The van der Waals surface area contributed by atoms with Crippen LogP contribution in [0.1, 0.15) is 38.3 Å². The smallest absolute Gasteiger partial charge is 0.251 e. The second kappa shape index (κ2) is 6.82. The third kappa shape index (κ3) is 3.50. The molecule has 2 aliphatic rings. The lowest BCUT2D eigenvalue weighted by atomic mass is 10.1. The van der Waals surface area contributed by atoms with E-state index in [1.807, 2.05) is 6.92 Å². The summed E-state index contributed by atoms with van der Waals surface area (Å²) in [7, 11) is 3.41. The van der Waals surface area contributed by atoms with E-state index in [2.05, 4.69) is 30.9 Å². The van der Waals surface area contributed by atoms with Gasteiger partial charge in [0.1, 0.15) is 11.4 Å². The van der Waals surface area contributed by atoms with Crippen LogP contribution in [-0.2, 0) is 0 Å². The van der Waals surface area contributed by atoms with E-state index in [1.54, 1.807) is 19.0 Å². The van der Waals surface area contributed by atoms with Gasteiger partial charge in [0.25, 0.3) is 5.92 Å². The molecular formula is C16H26F2N8. The molecule has 1 atom stereocenters. The Morgan fingerprint density at radius 3 is 2.54 bits per heavy atom. The van der Waals surface area contributed by atoms with Crippen molar-refractivity contribution in [2.24, 2.45) is 10.7 Å². The van der Waals surface area contributed by atoms with Crippen molar-refractivity contribution < 1.29 is 8.78 Å². The lowest BCUT2D eigenvalue weighted by Gasteiger charge is -2.39. The summed E-state index contributed by atoms with van der Waals surface area (Å²) in [6.45, 7) is 2.47. The molecule has 0 radical (unpaired) electrons. The molecule has 1 unspecified atom stereocenters. The highest BCUT2D eigenvalue weighted by Crippen LogP contribution is 2.34. The summed E-state index contributed by atoms with van der Waals surface area (Å²) < 4.78 is 26.9. The van der Waals surface area contributed by atoms with Gasteiger partial charge in [-0.3, -0.25) is 10.7 Å². The topological polar surface area (TPSA) is 103 Å². The van der Waals surface area contributed by atoms with Gasteiger partial charge in [0, 0.05) is 46.4 Å². The zero-order valence-electron chi connectivity index (χ0n) is 15.4. The van der Waals surface area contributed by atoms with Crippen LogP contribution in [0.25, 0.3) is 0 Å². The summed E-state index contributed by atoms with van der Waals surface area (Å²) in [5, 5.41) is 9.50. The summed E-state index contributed by atoms with van der Waals surface area (Å²) >= 11 is 0. The first-order valence-electron chi connectivity index (χ1n) is 8.86. The molecule has 8 nitrogen and oxygen atoms in total. The van der Waals surface area contributed by atoms with Crippen LogP contribution in [0.4, 0.5) is 26.2 Å². The monoisotopic (exact) mass is 368 g/mol. The van der Waals surface area contributed by atoms with Gasteiger partial charge < -0.3 is 20.9 Å². The zero-order valence-corrected chi connectivity index (χ0v) is 15.4. The van der Waals surface area contributed by atoms with Crippen LogP contribution in [0.5, 0.6) is 0 Å². The van der Waals surface area contributed by atoms with Gasteiger partial charge in [0.05, 0.1) is 0 Å². The van der Waals surface area contributed by atoms with E-state index in [9.17, 15) is 8.78 Å². The number of aliphatic imine (C=N–C) groups is 1. The minimum absolute atomic E-state index is 0.198. The molecule has 1 saturated heterocycles. The van der Waals surface area contributed by atoms with Gasteiger partial charge in [0.15, 0.2) is 17.4 Å². The van der Waals surface area contributed by atoms with E-state index in [0.717, 1.165) is 6.42 Å². The van der Waals surface area contributed by atoms with Gasteiger partial charge in [-0.25, -0.2) is 13.8 Å². The Hall–Kier alpha value is -2.23. The number of fused-ring (bicyclic) bond motifs is 1. The third-order valence-electron chi connectivity index (χ3n) is 4.69. The molecule has 1 aromatic rings. The largest absolute Gasteiger partial charge is 0.371 e. The molecule has 0 amide bonds. The Morgan fingerprint density at radius 1 is 1.27 bits per heavy atom. The van der Waals surface area contributed by atoms with Crippen molar-refractivity contribution in [3.05, 3.63) is 5.69 Å². The first-order chi connectivity index (χ1) is 12.3. The fourth-order valence-electron chi connectivity index (χ4n) is 3.30. The lowest BCUT2D eigenvalue weighted by Crippen LogP contribution is -2.64. The van der Waals surface area contributed by atoms with Crippen molar-refractivity contribution in [2.75, 3.05) is 42.7 Å². The van der Waals surface area contributed by atoms with Crippen molar-refractivity contribution in [2.45, 2.75) is 44.3 Å². The maximum atomic E-state index is 13.5. The SMILES string of the molecule is CCCC1(N)NC(=NC)c2nc(N3CCC(F)(F)CC3)nc(NC)c2N1. The number of hydrogen-bond donors (Lipinski definition) is 4. The van der Waals surface area contributed by atoms with E-state index < -0.39 is 11.7 Å². The van der Waals surface area contributed by atoms with Crippen LogP contribution in [-0.4, -0.2) is 54.7 Å². The number of piperidine rings is 1. The maximum absolute atomic E-state index is 13.5. The minimum atomic E-state index is -2.62. The predicted octanol–water partition coefficient (Wildman–Crippen LogP) is 1.56. The van der Waals surface area contributed by atoms with Crippen molar-refractivity contribution in [1.82, 2.24) is 15.3 Å². The van der Waals surface area contributed by atoms with Crippen LogP contribution in [0.3, 0.4) is 0 Å². The molecule has 0 aromatic carbocycles. The molecule has 1 fully saturated rings. The highest BCUT2D eigenvalue weighted by atomic mass is 19.3. The van der Waals surface area contributed by atoms with E-state index in [0.29, 0.717) is 35.4 Å². The Kier molecular flexibility index (Phi) is 4.87. The van der Waals surface area contributed by atoms with Crippen LogP contribution >= 0.6 is 0 Å². The number of aromatic nitrogens is 2. The molecular weight excluding hydrogens is 342 g/mol. The molecule has 2 aliphatic heterocycles.